The van der Waals surface area contributed by atoms with Gasteiger partial charge < -0.3 is 15.5 Å². The van der Waals surface area contributed by atoms with E-state index in [0.29, 0.717) is 25.9 Å². The molecular weight excluding hydrogens is 276 g/mol. The second-order valence-corrected chi connectivity index (χ2v) is 4.68. The average Bonchev–Trinajstić information content (AvgIpc) is 2.48. The van der Waals surface area contributed by atoms with Gasteiger partial charge in [-0.25, -0.2) is 4.79 Å². The van der Waals surface area contributed by atoms with Crippen LogP contribution in [0.5, 0.6) is 0 Å². The van der Waals surface area contributed by atoms with Crippen molar-refractivity contribution in [2.24, 2.45) is 10.9 Å². The molecule has 1 fully saturated rings. The van der Waals surface area contributed by atoms with Gasteiger partial charge in [0.2, 0.25) is 0 Å². The lowest BCUT2D eigenvalue weighted by Crippen LogP contribution is -2.41. The molecule has 1 aliphatic heterocycles. The Morgan fingerprint density at radius 1 is 1.33 bits per heavy atom. The van der Waals surface area contributed by atoms with E-state index in [1.165, 1.54) is 12.1 Å². The fourth-order valence-corrected chi connectivity index (χ4v) is 1.99. The lowest BCUT2D eigenvalue weighted by molar-refractivity contribution is -0.384. The van der Waals surface area contributed by atoms with E-state index < -0.39 is 11.0 Å². The Morgan fingerprint density at radius 3 is 2.48 bits per heavy atom. The maximum absolute atomic E-state index is 11.0. The summed E-state index contributed by atoms with van der Waals surface area (Å²) in [5.41, 5.74) is 6.92. The molecular formula is C13H16N4O4. The van der Waals surface area contributed by atoms with E-state index in [4.69, 9.17) is 10.6 Å². The van der Waals surface area contributed by atoms with Crippen molar-refractivity contribution < 1.29 is 14.6 Å². The molecule has 0 bridgehead atoms. The van der Waals surface area contributed by atoms with Gasteiger partial charge in [-0.3, -0.25) is 10.1 Å². The number of carbonyl (C=O) groups excluding carboxylic acids is 1. The molecule has 2 N–H and O–H groups in total. The van der Waals surface area contributed by atoms with Crippen molar-refractivity contribution in [3.8, 4) is 0 Å². The molecule has 112 valence electrons. The molecule has 1 aromatic carbocycles. The fourth-order valence-electron chi connectivity index (χ4n) is 1.99. The molecule has 0 atom stereocenters. The third-order valence-corrected chi connectivity index (χ3v) is 3.22. The number of nitrogens with two attached hydrogens (primary N) is 1. The largest absolute Gasteiger partial charge is 0.391 e. The van der Waals surface area contributed by atoms with E-state index in [-0.39, 0.29) is 12.3 Å². The molecule has 2 rings (SSSR count). The standard InChI is InChI=1S/C13H16N4O4/c14-13(18)16-7-5-11(6-8-16)15-21-9-10-1-3-12(4-2-10)17(19)20/h1-4H,5-9H2,(H2,14,18). The number of amides is 2. The Kier molecular flexibility index (Phi) is 4.70. The van der Waals surface area contributed by atoms with Gasteiger partial charge in [0, 0.05) is 38.1 Å². The van der Waals surface area contributed by atoms with Gasteiger partial charge >= 0.3 is 6.03 Å². The molecule has 1 aromatic rings. The average molecular weight is 292 g/mol. The van der Waals surface area contributed by atoms with Crippen LogP contribution >= 0.6 is 0 Å². The number of hydrogen-bond donors (Lipinski definition) is 1. The van der Waals surface area contributed by atoms with E-state index in [1.807, 2.05) is 0 Å². The van der Waals surface area contributed by atoms with Gasteiger partial charge in [-0.2, -0.15) is 0 Å². The first kappa shape index (κ1) is 14.8. The van der Waals surface area contributed by atoms with E-state index in [0.717, 1.165) is 11.3 Å². The third kappa shape index (κ3) is 4.16. The highest BCUT2D eigenvalue weighted by atomic mass is 16.6. The van der Waals surface area contributed by atoms with Crippen molar-refractivity contribution in [2.45, 2.75) is 19.4 Å². The third-order valence-electron chi connectivity index (χ3n) is 3.22. The smallest absolute Gasteiger partial charge is 0.314 e. The van der Waals surface area contributed by atoms with Crippen LogP contribution in [0.15, 0.2) is 29.4 Å². The molecule has 0 unspecified atom stereocenters. The van der Waals surface area contributed by atoms with Crippen LogP contribution in [0, 0.1) is 10.1 Å². The number of nitro benzene ring substituents is 1. The first-order chi connectivity index (χ1) is 10.1. The number of likely N-dealkylation sites (tertiary alicyclic amines) is 1. The predicted octanol–water partition coefficient (Wildman–Crippen LogP) is 1.64. The number of nitrogens with zero attached hydrogens (tertiary/aromatic N) is 3. The molecule has 1 aliphatic rings. The van der Waals surface area contributed by atoms with Gasteiger partial charge in [0.1, 0.15) is 6.61 Å². The van der Waals surface area contributed by atoms with Crippen LogP contribution in [0.4, 0.5) is 10.5 Å². The first-order valence-electron chi connectivity index (χ1n) is 6.51. The molecule has 21 heavy (non-hydrogen) atoms. The number of nitro groups is 1. The topological polar surface area (TPSA) is 111 Å². The molecule has 1 saturated heterocycles. The Hall–Kier alpha value is -2.64. The number of benzene rings is 1. The van der Waals surface area contributed by atoms with E-state index in [1.54, 1.807) is 17.0 Å². The van der Waals surface area contributed by atoms with E-state index in [9.17, 15) is 14.9 Å². The number of urea groups is 1. The number of oxime groups is 1. The summed E-state index contributed by atoms with van der Waals surface area (Å²) in [5, 5.41) is 14.6. The minimum atomic E-state index is -0.447. The van der Waals surface area contributed by atoms with Crippen LogP contribution in [0.25, 0.3) is 0 Å². The maximum Gasteiger partial charge on any atom is 0.314 e. The van der Waals surface area contributed by atoms with Crippen molar-refractivity contribution in [2.75, 3.05) is 13.1 Å². The van der Waals surface area contributed by atoms with Gasteiger partial charge in [0.15, 0.2) is 0 Å². The maximum atomic E-state index is 11.0. The second-order valence-electron chi connectivity index (χ2n) is 4.68. The summed E-state index contributed by atoms with van der Waals surface area (Å²) in [6, 6.07) is 5.71. The summed E-state index contributed by atoms with van der Waals surface area (Å²) in [6.45, 7) is 1.35. The van der Waals surface area contributed by atoms with E-state index in [2.05, 4.69) is 5.16 Å². The SMILES string of the molecule is NC(=O)N1CCC(=NOCc2ccc([N+](=O)[O-])cc2)CC1. The molecule has 0 aliphatic carbocycles. The van der Waals surface area contributed by atoms with Gasteiger partial charge in [-0.15, -0.1) is 0 Å². The number of hydrogen-bond acceptors (Lipinski definition) is 5. The van der Waals surface area contributed by atoms with Crippen LogP contribution < -0.4 is 5.73 Å². The molecule has 2 amide bonds. The van der Waals surface area contributed by atoms with Crippen molar-refractivity contribution >= 4 is 17.4 Å². The highest BCUT2D eigenvalue weighted by Gasteiger charge is 2.17. The lowest BCUT2D eigenvalue weighted by atomic mass is 10.1. The van der Waals surface area contributed by atoms with Gasteiger partial charge in [-0.1, -0.05) is 5.16 Å². The number of rotatable bonds is 4. The molecule has 8 nitrogen and oxygen atoms in total. The summed E-state index contributed by atoms with van der Waals surface area (Å²) >= 11 is 0. The van der Waals surface area contributed by atoms with Gasteiger partial charge in [0.25, 0.3) is 5.69 Å². The Labute approximate surface area is 121 Å². The van der Waals surface area contributed by atoms with Crippen molar-refractivity contribution in [3.05, 3.63) is 39.9 Å². The second kappa shape index (κ2) is 6.69. The van der Waals surface area contributed by atoms with Crippen LogP contribution in [0.1, 0.15) is 18.4 Å². The summed E-state index contributed by atoms with van der Waals surface area (Å²) in [7, 11) is 0. The molecule has 0 spiro atoms. The van der Waals surface area contributed by atoms with Crippen LogP contribution in [-0.2, 0) is 11.4 Å². The van der Waals surface area contributed by atoms with Crippen LogP contribution in [0.3, 0.4) is 0 Å². The van der Waals surface area contributed by atoms with Crippen LogP contribution in [0.2, 0.25) is 0 Å². The number of piperidine rings is 1. The zero-order valence-corrected chi connectivity index (χ0v) is 11.4. The number of primary amides is 1. The zero-order chi connectivity index (χ0) is 15.2. The molecule has 1 heterocycles. The molecule has 8 heteroatoms. The van der Waals surface area contributed by atoms with Crippen LogP contribution in [-0.4, -0.2) is 34.7 Å². The van der Waals surface area contributed by atoms with E-state index >= 15 is 0 Å². The molecule has 0 aromatic heterocycles. The Morgan fingerprint density at radius 2 is 1.95 bits per heavy atom. The van der Waals surface area contributed by atoms with Crippen molar-refractivity contribution in [1.29, 1.82) is 0 Å². The summed E-state index contributed by atoms with van der Waals surface area (Å²) in [6.07, 6.45) is 1.28. The normalized spacial score (nSPS) is 14.7. The first-order valence-corrected chi connectivity index (χ1v) is 6.51. The quantitative estimate of drug-likeness (QED) is 0.671. The molecule has 0 saturated carbocycles. The lowest BCUT2D eigenvalue weighted by Gasteiger charge is -2.25. The number of carbonyl (C=O) groups is 1. The van der Waals surface area contributed by atoms with Gasteiger partial charge in [-0.05, 0) is 17.7 Å². The van der Waals surface area contributed by atoms with Gasteiger partial charge in [0.05, 0.1) is 10.6 Å². The Balaban J connectivity index is 1.80. The fraction of sp³-hybridized carbons (Fsp3) is 0.385. The minimum Gasteiger partial charge on any atom is -0.391 e. The molecule has 0 radical (unpaired) electrons. The monoisotopic (exact) mass is 292 g/mol. The summed E-state index contributed by atoms with van der Waals surface area (Å²) in [5.74, 6) is 0. The summed E-state index contributed by atoms with van der Waals surface area (Å²) < 4.78 is 0. The zero-order valence-electron chi connectivity index (χ0n) is 11.4. The van der Waals surface area contributed by atoms with Crippen molar-refractivity contribution in [1.82, 2.24) is 4.90 Å². The van der Waals surface area contributed by atoms with Crippen molar-refractivity contribution in [3.63, 3.8) is 0 Å². The summed E-state index contributed by atoms with van der Waals surface area (Å²) in [4.78, 5) is 27.8. The number of non-ortho nitro benzene ring substituents is 1. The highest BCUT2D eigenvalue weighted by Crippen LogP contribution is 2.13. The highest BCUT2D eigenvalue weighted by molar-refractivity contribution is 5.86. The predicted molar refractivity (Wildman–Crippen MR) is 75.7 cm³/mol. The Bertz CT molecular complexity index is 546. The minimum absolute atomic E-state index is 0.0453.